The van der Waals surface area contributed by atoms with Crippen LogP contribution in [0.2, 0.25) is 5.02 Å². The van der Waals surface area contributed by atoms with E-state index < -0.39 is 11.6 Å². The second kappa shape index (κ2) is 14.3. The van der Waals surface area contributed by atoms with Gasteiger partial charge in [0.1, 0.15) is 0 Å². The summed E-state index contributed by atoms with van der Waals surface area (Å²) in [6.07, 6.45) is 5.71. The van der Waals surface area contributed by atoms with E-state index in [9.17, 15) is 15.0 Å². The average Bonchev–Trinajstić information content (AvgIpc) is 3.70. The Balaban J connectivity index is 0.00000405. The van der Waals surface area contributed by atoms with E-state index in [1.165, 1.54) is 11.1 Å². The van der Waals surface area contributed by atoms with Crippen molar-refractivity contribution in [3.05, 3.63) is 112 Å². The largest absolute Gasteiger partial charge is 0.481 e. The van der Waals surface area contributed by atoms with Crippen molar-refractivity contribution < 1.29 is 15.0 Å². The third kappa shape index (κ3) is 8.84. The molecule has 1 aliphatic rings. The molecule has 3 aromatic carbocycles. The van der Waals surface area contributed by atoms with Gasteiger partial charge in [-0.3, -0.25) is 9.78 Å². The first-order valence-corrected chi connectivity index (χ1v) is 15.8. The number of hydrogen-bond donors (Lipinski definition) is 2. The van der Waals surface area contributed by atoms with Crippen molar-refractivity contribution in [2.45, 2.75) is 69.6 Å². The van der Waals surface area contributed by atoms with Gasteiger partial charge >= 0.3 is 5.97 Å². The van der Waals surface area contributed by atoms with E-state index in [2.05, 4.69) is 42.5 Å². The molecule has 0 saturated heterocycles. The third-order valence-corrected chi connectivity index (χ3v) is 10.1. The molecule has 1 aromatic heterocycles. The first kappa shape index (κ1) is 33.0. The maximum atomic E-state index is 11.5. The van der Waals surface area contributed by atoms with E-state index in [4.69, 9.17) is 16.6 Å². The van der Waals surface area contributed by atoms with Crippen molar-refractivity contribution in [1.29, 1.82) is 0 Å². The molecule has 4 aromatic rings. The summed E-state index contributed by atoms with van der Waals surface area (Å²) in [5.74, 6) is 0.149. The van der Waals surface area contributed by atoms with E-state index in [1.54, 1.807) is 0 Å². The molecular weight excluding hydrogens is 573 g/mol. The predicted molar refractivity (Wildman–Crippen MR) is 175 cm³/mol. The predicted octanol–water partition coefficient (Wildman–Crippen LogP) is 8.18. The first-order chi connectivity index (χ1) is 19.6. The second-order valence-corrected chi connectivity index (χ2v) is 13.6. The summed E-state index contributed by atoms with van der Waals surface area (Å²) < 4.78 is 0. The molecule has 2 N–H and O–H groups in total. The Morgan fingerprint density at radius 2 is 1.76 bits per heavy atom. The van der Waals surface area contributed by atoms with Crippen molar-refractivity contribution in [2.75, 3.05) is 5.75 Å². The van der Waals surface area contributed by atoms with Gasteiger partial charge in [0.2, 0.25) is 0 Å². The van der Waals surface area contributed by atoms with Crippen molar-refractivity contribution in [2.24, 2.45) is 5.41 Å². The summed E-state index contributed by atoms with van der Waals surface area (Å²) in [5, 5.41) is 22.2. The van der Waals surface area contributed by atoms with Gasteiger partial charge in [-0.1, -0.05) is 72.3 Å². The number of pyridine rings is 1. The minimum atomic E-state index is -0.902. The Hall–Kier alpha value is -1.86. The number of aliphatic hydroxyl groups is 1. The van der Waals surface area contributed by atoms with Gasteiger partial charge in [0.15, 0.2) is 0 Å². The third-order valence-electron chi connectivity index (χ3n) is 8.13. The molecule has 0 amide bonds. The Kier molecular flexibility index (Phi) is 11.2. The van der Waals surface area contributed by atoms with Crippen molar-refractivity contribution in [1.82, 2.24) is 4.98 Å². The van der Waals surface area contributed by atoms with E-state index in [0.29, 0.717) is 5.02 Å². The van der Waals surface area contributed by atoms with Crippen LogP contribution >= 0.6 is 23.4 Å². The van der Waals surface area contributed by atoms with Crippen LogP contribution in [-0.2, 0) is 29.7 Å². The van der Waals surface area contributed by atoms with Gasteiger partial charge in [-0.15, -0.1) is 0 Å². The summed E-state index contributed by atoms with van der Waals surface area (Å²) in [6, 6.07) is 27.0. The molecule has 0 spiro atoms. The van der Waals surface area contributed by atoms with Gasteiger partial charge in [0.25, 0.3) is 0 Å². The summed E-state index contributed by atoms with van der Waals surface area (Å²) in [6.45, 7) is 3.67. The van der Waals surface area contributed by atoms with Gasteiger partial charge in [0.05, 0.1) is 17.5 Å². The molecule has 1 saturated carbocycles. The van der Waals surface area contributed by atoms with Crippen LogP contribution in [0.3, 0.4) is 0 Å². The quantitative estimate of drug-likeness (QED) is 0.149. The molecule has 1 fully saturated rings. The summed E-state index contributed by atoms with van der Waals surface area (Å²) in [5.41, 5.74) is 5.66. The Morgan fingerprint density at radius 1 is 1.00 bits per heavy atom. The SMILES string of the molecule is CC(C)(O)c1ccccc1CC[C@@H](SCC1(CC(=O)O)CC1)c1cccc(CCc2ccc3ccc(Cl)cc3n2)c1.[Na]. The van der Waals surface area contributed by atoms with Crippen molar-refractivity contribution in [3.63, 3.8) is 0 Å². The number of halogens is 1. The number of aromatic nitrogens is 1. The van der Waals surface area contributed by atoms with Gasteiger partial charge in [0, 0.05) is 56.7 Å². The number of carboxylic acids is 1. The van der Waals surface area contributed by atoms with E-state index in [-0.39, 0.29) is 46.6 Å². The number of benzene rings is 3. The van der Waals surface area contributed by atoms with Gasteiger partial charge in [-0.25, -0.2) is 0 Å². The zero-order chi connectivity index (χ0) is 29.0. The van der Waals surface area contributed by atoms with Crippen LogP contribution < -0.4 is 0 Å². The maximum Gasteiger partial charge on any atom is 0.303 e. The number of hydrogen-bond acceptors (Lipinski definition) is 4. The molecule has 42 heavy (non-hydrogen) atoms. The number of carboxylic acid groups (broad SMARTS) is 1. The van der Waals surface area contributed by atoms with Crippen LogP contribution in [-0.4, -0.2) is 56.5 Å². The fraction of sp³-hybridized carbons (Fsp3) is 0.371. The van der Waals surface area contributed by atoms with Crippen LogP contribution in [0.15, 0.2) is 78.9 Å². The zero-order valence-corrected chi connectivity index (χ0v) is 28.3. The number of fused-ring (bicyclic) bond motifs is 1. The Labute approximate surface area is 280 Å². The Bertz CT molecular complexity index is 1530. The molecule has 215 valence electrons. The number of rotatable bonds is 13. The molecule has 4 nitrogen and oxygen atoms in total. The smallest absolute Gasteiger partial charge is 0.303 e. The monoisotopic (exact) mass is 610 g/mol. The molecule has 0 bridgehead atoms. The minimum Gasteiger partial charge on any atom is -0.481 e. The molecule has 1 radical (unpaired) electrons. The van der Waals surface area contributed by atoms with E-state index >= 15 is 0 Å². The van der Waals surface area contributed by atoms with Gasteiger partial charge in [-0.05, 0) is 98.2 Å². The summed E-state index contributed by atoms with van der Waals surface area (Å²) in [7, 11) is 0. The van der Waals surface area contributed by atoms with Crippen LogP contribution in [0, 0.1) is 5.41 Å². The number of aryl methyl sites for hydroxylation is 3. The molecule has 0 unspecified atom stereocenters. The second-order valence-electron chi connectivity index (χ2n) is 12.0. The van der Waals surface area contributed by atoms with Crippen LogP contribution in [0.25, 0.3) is 10.9 Å². The van der Waals surface area contributed by atoms with Crippen molar-refractivity contribution >= 4 is 69.8 Å². The van der Waals surface area contributed by atoms with Crippen LogP contribution in [0.4, 0.5) is 0 Å². The first-order valence-electron chi connectivity index (χ1n) is 14.4. The topological polar surface area (TPSA) is 70.4 Å². The minimum absolute atomic E-state index is 0. The standard InChI is InChI=1S/C35H38ClNO3S.Na/c1-34(2,40)30-9-4-3-7-25(30)13-17-32(41-23-35(18-19-35)22-33(38)39)27-8-5-6-24(20-27)10-15-29-16-12-26-11-14-28(36)21-31(26)37-29;/h3-9,11-12,14,16,20-21,32,40H,10,13,15,17-19,22-23H2,1-2H3,(H,38,39);/t32-;/m1./s1. The summed E-state index contributed by atoms with van der Waals surface area (Å²) in [4.78, 5) is 16.3. The van der Waals surface area contributed by atoms with Crippen LogP contribution in [0.5, 0.6) is 0 Å². The fourth-order valence-electron chi connectivity index (χ4n) is 5.61. The molecule has 1 aliphatic carbocycles. The normalized spacial score (nSPS) is 14.8. The molecular formula is C35H38ClNNaO3S. The van der Waals surface area contributed by atoms with E-state index in [1.807, 2.05) is 62.0 Å². The fourth-order valence-corrected chi connectivity index (χ4v) is 7.34. The molecule has 0 aliphatic heterocycles. The molecule has 7 heteroatoms. The number of aliphatic carboxylic acids is 1. The molecule has 1 atom stereocenters. The average molecular weight is 611 g/mol. The number of carbonyl (C=O) groups is 1. The van der Waals surface area contributed by atoms with Gasteiger partial charge < -0.3 is 10.2 Å². The maximum absolute atomic E-state index is 11.5. The summed E-state index contributed by atoms with van der Waals surface area (Å²) >= 11 is 8.08. The molecule has 1 heterocycles. The van der Waals surface area contributed by atoms with Crippen LogP contribution in [0.1, 0.15) is 72.7 Å². The van der Waals surface area contributed by atoms with Gasteiger partial charge in [-0.2, -0.15) is 11.8 Å². The zero-order valence-electron chi connectivity index (χ0n) is 24.8. The molecule has 5 rings (SSSR count). The Morgan fingerprint density at radius 3 is 2.50 bits per heavy atom. The van der Waals surface area contributed by atoms with Crippen molar-refractivity contribution in [3.8, 4) is 0 Å². The number of thioether (sulfide) groups is 1. The van der Waals surface area contributed by atoms with E-state index in [0.717, 1.165) is 72.0 Å². The number of nitrogens with zero attached hydrogens (tertiary/aromatic N) is 1.